The molecule has 0 bridgehead atoms. The van der Waals surface area contributed by atoms with Gasteiger partial charge >= 0.3 is 0 Å². The highest BCUT2D eigenvalue weighted by atomic mass is 35.5. The molecule has 1 aromatic heterocycles. The molecule has 108 valence electrons. The van der Waals surface area contributed by atoms with Crippen LogP contribution in [0.15, 0.2) is 22.7 Å². The van der Waals surface area contributed by atoms with E-state index in [0.717, 1.165) is 35.5 Å². The van der Waals surface area contributed by atoms with Gasteiger partial charge in [-0.1, -0.05) is 22.8 Å². The maximum absolute atomic E-state index is 13.0. The molecule has 0 radical (unpaired) electrons. The van der Waals surface area contributed by atoms with Crippen LogP contribution in [0.2, 0.25) is 5.02 Å². The lowest BCUT2D eigenvalue weighted by Gasteiger charge is -2.15. The number of aromatic nitrogens is 1. The number of hydrogen-bond donors (Lipinski definition) is 1. The van der Waals surface area contributed by atoms with Crippen LogP contribution in [0.1, 0.15) is 35.5 Å². The van der Waals surface area contributed by atoms with Crippen molar-refractivity contribution in [1.29, 1.82) is 0 Å². The molecule has 1 aromatic carbocycles. The second kappa shape index (κ2) is 6.37. The molecule has 5 heteroatoms. The third-order valence-electron chi connectivity index (χ3n) is 3.44. The topological polar surface area (TPSA) is 38.1 Å². The van der Waals surface area contributed by atoms with Crippen molar-refractivity contribution >= 4 is 11.6 Å². The van der Waals surface area contributed by atoms with Crippen molar-refractivity contribution in [3.8, 4) is 0 Å². The van der Waals surface area contributed by atoms with Gasteiger partial charge in [0.2, 0.25) is 0 Å². The van der Waals surface area contributed by atoms with Crippen LogP contribution >= 0.6 is 11.6 Å². The molecule has 2 rings (SSSR count). The van der Waals surface area contributed by atoms with Crippen molar-refractivity contribution in [3.63, 3.8) is 0 Å². The Morgan fingerprint density at radius 3 is 2.75 bits per heavy atom. The number of nitrogens with one attached hydrogen (secondary N) is 1. The molecule has 0 aliphatic rings. The fourth-order valence-corrected chi connectivity index (χ4v) is 2.57. The molecule has 0 saturated heterocycles. The highest BCUT2D eigenvalue weighted by Crippen LogP contribution is 2.23. The van der Waals surface area contributed by atoms with Crippen molar-refractivity contribution in [1.82, 2.24) is 10.5 Å². The second-order valence-corrected chi connectivity index (χ2v) is 5.30. The van der Waals surface area contributed by atoms with E-state index in [9.17, 15) is 4.39 Å². The maximum atomic E-state index is 13.0. The van der Waals surface area contributed by atoms with Gasteiger partial charge in [0.1, 0.15) is 11.6 Å². The third-order valence-corrected chi connectivity index (χ3v) is 3.76. The van der Waals surface area contributed by atoms with Crippen molar-refractivity contribution in [2.45, 2.75) is 33.2 Å². The standard InChI is InChI=1S/C15H18ClFN2O/c1-9(14-5-4-12(17)8-15(14)16)18-7-6-13-10(2)19-20-11(13)3/h4-5,8-9,18H,6-7H2,1-3H3. The number of hydrogen-bond acceptors (Lipinski definition) is 3. The SMILES string of the molecule is Cc1noc(C)c1CCNC(C)c1ccc(F)cc1Cl. The van der Waals surface area contributed by atoms with Crippen molar-refractivity contribution in [2.75, 3.05) is 6.54 Å². The van der Waals surface area contributed by atoms with Crippen molar-refractivity contribution in [3.05, 3.63) is 51.6 Å². The van der Waals surface area contributed by atoms with Crippen LogP contribution in [-0.4, -0.2) is 11.7 Å². The number of aryl methyl sites for hydroxylation is 2. The highest BCUT2D eigenvalue weighted by Gasteiger charge is 2.12. The van der Waals surface area contributed by atoms with E-state index < -0.39 is 0 Å². The predicted molar refractivity (Wildman–Crippen MR) is 77.5 cm³/mol. The molecule has 0 spiro atoms. The summed E-state index contributed by atoms with van der Waals surface area (Å²) in [5.74, 6) is 0.540. The van der Waals surface area contributed by atoms with Gasteiger partial charge in [-0.05, 0) is 51.4 Å². The Morgan fingerprint density at radius 2 is 2.15 bits per heavy atom. The molecule has 20 heavy (non-hydrogen) atoms. The lowest BCUT2D eigenvalue weighted by Crippen LogP contribution is -2.22. The largest absolute Gasteiger partial charge is 0.361 e. The van der Waals surface area contributed by atoms with Gasteiger partial charge in [0.15, 0.2) is 0 Å². The molecule has 1 atom stereocenters. The summed E-state index contributed by atoms with van der Waals surface area (Å²) in [4.78, 5) is 0. The summed E-state index contributed by atoms with van der Waals surface area (Å²) in [6, 6.07) is 4.53. The van der Waals surface area contributed by atoms with Gasteiger partial charge in [-0.3, -0.25) is 0 Å². The Kier molecular flexibility index (Phi) is 4.78. The van der Waals surface area contributed by atoms with E-state index >= 15 is 0 Å². The number of halogens is 2. The first kappa shape index (κ1) is 15.0. The summed E-state index contributed by atoms with van der Waals surface area (Å²) in [7, 11) is 0. The average Bonchev–Trinajstić information content (AvgIpc) is 2.70. The van der Waals surface area contributed by atoms with Gasteiger partial charge in [0.05, 0.1) is 5.69 Å². The molecule has 3 nitrogen and oxygen atoms in total. The first-order chi connectivity index (χ1) is 9.49. The lowest BCUT2D eigenvalue weighted by molar-refractivity contribution is 0.392. The third kappa shape index (κ3) is 3.38. The van der Waals surface area contributed by atoms with Crippen LogP contribution in [0.3, 0.4) is 0 Å². The summed E-state index contributed by atoms with van der Waals surface area (Å²) in [5, 5.41) is 7.75. The quantitative estimate of drug-likeness (QED) is 0.907. The molecule has 0 saturated carbocycles. The summed E-state index contributed by atoms with van der Waals surface area (Å²) < 4.78 is 18.1. The summed E-state index contributed by atoms with van der Waals surface area (Å²) in [6.45, 7) is 6.63. The first-order valence-corrected chi connectivity index (χ1v) is 6.97. The Bertz CT molecular complexity index is 578. The zero-order valence-corrected chi connectivity index (χ0v) is 12.6. The molecule has 1 unspecified atom stereocenters. The van der Waals surface area contributed by atoms with Gasteiger partial charge in [0, 0.05) is 16.6 Å². The monoisotopic (exact) mass is 296 g/mol. The number of nitrogens with zero attached hydrogens (tertiary/aromatic N) is 1. The summed E-state index contributed by atoms with van der Waals surface area (Å²) in [5.41, 5.74) is 2.96. The summed E-state index contributed by atoms with van der Waals surface area (Å²) >= 11 is 6.05. The van der Waals surface area contributed by atoms with E-state index in [1.54, 1.807) is 6.07 Å². The minimum absolute atomic E-state index is 0.0589. The van der Waals surface area contributed by atoms with Crippen LogP contribution in [0.5, 0.6) is 0 Å². The lowest BCUT2D eigenvalue weighted by atomic mass is 10.1. The van der Waals surface area contributed by atoms with Crippen LogP contribution in [0.25, 0.3) is 0 Å². The summed E-state index contributed by atoms with van der Waals surface area (Å²) in [6.07, 6.45) is 0.838. The van der Waals surface area contributed by atoms with Gasteiger partial charge in [-0.15, -0.1) is 0 Å². The fourth-order valence-electron chi connectivity index (χ4n) is 2.24. The van der Waals surface area contributed by atoms with Gasteiger partial charge < -0.3 is 9.84 Å². The fraction of sp³-hybridized carbons (Fsp3) is 0.400. The molecule has 0 amide bonds. The molecule has 0 fully saturated rings. The normalized spacial score (nSPS) is 12.7. The van der Waals surface area contributed by atoms with E-state index in [-0.39, 0.29) is 11.9 Å². The molecule has 1 N–H and O–H groups in total. The van der Waals surface area contributed by atoms with Gasteiger partial charge in [-0.2, -0.15) is 0 Å². The highest BCUT2D eigenvalue weighted by molar-refractivity contribution is 6.31. The second-order valence-electron chi connectivity index (χ2n) is 4.89. The molecule has 0 aliphatic carbocycles. The van der Waals surface area contributed by atoms with E-state index in [0.29, 0.717) is 5.02 Å². The Labute approximate surface area is 123 Å². The molecule has 1 heterocycles. The van der Waals surface area contributed by atoms with Gasteiger partial charge in [-0.25, -0.2) is 4.39 Å². The van der Waals surface area contributed by atoms with Gasteiger partial charge in [0.25, 0.3) is 0 Å². The van der Waals surface area contributed by atoms with E-state index in [2.05, 4.69) is 10.5 Å². The number of rotatable bonds is 5. The minimum atomic E-state index is -0.318. The predicted octanol–water partition coefficient (Wildman–Crippen LogP) is 3.98. The van der Waals surface area contributed by atoms with Crippen molar-refractivity contribution < 1.29 is 8.91 Å². The van der Waals surface area contributed by atoms with Crippen LogP contribution in [0, 0.1) is 19.7 Å². The first-order valence-electron chi connectivity index (χ1n) is 6.59. The molecular formula is C15H18ClFN2O. The Hall–Kier alpha value is -1.39. The zero-order chi connectivity index (χ0) is 14.7. The number of benzene rings is 1. The minimum Gasteiger partial charge on any atom is -0.361 e. The molecular weight excluding hydrogens is 279 g/mol. The zero-order valence-electron chi connectivity index (χ0n) is 11.8. The van der Waals surface area contributed by atoms with Crippen LogP contribution < -0.4 is 5.32 Å². The molecule has 2 aromatic rings. The average molecular weight is 297 g/mol. The van der Waals surface area contributed by atoms with Crippen LogP contribution in [0.4, 0.5) is 4.39 Å². The van der Waals surface area contributed by atoms with E-state index in [1.807, 2.05) is 20.8 Å². The molecule has 0 aliphatic heterocycles. The smallest absolute Gasteiger partial charge is 0.137 e. The Morgan fingerprint density at radius 1 is 1.40 bits per heavy atom. The van der Waals surface area contributed by atoms with E-state index in [1.165, 1.54) is 12.1 Å². The van der Waals surface area contributed by atoms with Crippen LogP contribution in [-0.2, 0) is 6.42 Å². The van der Waals surface area contributed by atoms with E-state index in [4.69, 9.17) is 16.1 Å². The maximum Gasteiger partial charge on any atom is 0.137 e. The Balaban J connectivity index is 1.94. The van der Waals surface area contributed by atoms with Crippen molar-refractivity contribution in [2.24, 2.45) is 0 Å².